The fraction of sp³-hybridized carbons (Fsp3) is 0.750. The van der Waals surface area contributed by atoms with E-state index in [1.54, 1.807) is 7.11 Å². The first-order valence-corrected chi connectivity index (χ1v) is 7.73. The summed E-state index contributed by atoms with van der Waals surface area (Å²) in [5, 5.41) is 15.4. The molecule has 1 aliphatic rings. The molecule has 1 aliphatic heterocycles. The highest BCUT2D eigenvalue weighted by atomic mass is 16.5. The summed E-state index contributed by atoms with van der Waals surface area (Å²) in [5.41, 5.74) is -0.573. The standard InChI is InChI=1S/C16H28N2O4/c1-6-8-11-9-12(15(20)21)18-13(11)14(17-10(3)19)16(4,7-2)22-5/h6,8,11-14,18H,7,9H2,1-5H3,(H,17,19)(H,20,21)/t11-,12-,13-,14-,16+/m1/s1. The Kier molecular flexibility index (Phi) is 6.56. The van der Waals surface area contributed by atoms with E-state index in [4.69, 9.17) is 4.74 Å². The van der Waals surface area contributed by atoms with E-state index >= 15 is 0 Å². The first-order valence-electron chi connectivity index (χ1n) is 7.73. The summed E-state index contributed by atoms with van der Waals surface area (Å²) in [6.45, 7) is 7.31. The van der Waals surface area contributed by atoms with Crippen molar-refractivity contribution >= 4 is 11.9 Å². The summed E-state index contributed by atoms with van der Waals surface area (Å²) in [7, 11) is 1.62. The normalized spacial score (nSPS) is 29.2. The number of carbonyl (C=O) groups excluding carboxylic acids is 1. The molecule has 0 unspecified atom stereocenters. The molecule has 0 aromatic heterocycles. The van der Waals surface area contributed by atoms with E-state index in [1.807, 2.05) is 32.9 Å². The van der Waals surface area contributed by atoms with Crippen molar-refractivity contribution in [1.82, 2.24) is 10.6 Å². The predicted octanol–water partition coefficient (Wildman–Crippen LogP) is 1.31. The molecule has 0 aromatic rings. The van der Waals surface area contributed by atoms with Gasteiger partial charge in [0.2, 0.25) is 5.91 Å². The van der Waals surface area contributed by atoms with E-state index in [-0.39, 0.29) is 23.9 Å². The average Bonchev–Trinajstić information content (AvgIpc) is 2.88. The number of hydrogen-bond acceptors (Lipinski definition) is 4. The maximum atomic E-state index is 11.6. The molecule has 0 bridgehead atoms. The smallest absolute Gasteiger partial charge is 0.320 e. The molecule has 3 N–H and O–H groups in total. The van der Waals surface area contributed by atoms with Crippen LogP contribution in [-0.2, 0) is 14.3 Å². The summed E-state index contributed by atoms with van der Waals surface area (Å²) in [6, 6.07) is -1.11. The van der Waals surface area contributed by atoms with Gasteiger partial charge in [0.15, 0.2) is 0 Å². The van der Waals surface area contributed by atoms with Crippen LogP contribution in [0.1, 0.15) is 40.5 Å². The third-order valence-electron chi connectivity index (χ3n) is 4.64. The number of carbonyl (C=O) groups is 2. The van der Waals surface area contributed by atoms with Crippen molar-refractivity contribution in [3.8, 4) is 0 Å². The van der Waals surface area contributed by atoms with Crippen LogP contribution in [0.4, 0.5) is 0 Å². The largest absolute Gasteiger partial charge is 0.480 e. The van der Waals surface area contributed by atoms with Crippen LogP contribution in [0.3, 0.4) is 0 Å². The molecule has 1 rings (SSSR count). The molecule has 0 saturated carbocycles. The highest BCUT2D eigenvalue weighted by Gasteiger charge is 2.47. The molecule has 126 valence electrons. The molecule has 0 spiro atoms. The Morgan fingerprint density at radius 1 is 1.55 bits per heavy atom. The fourth-order valence-corrected chi connectivity index (χ4v) is 3.14. The van der Waals surface area contributed by atoms with Gasteiger partial charge in [-0.25, -0.2) is 0 Å². The Labute approximate surface area is 132 Å². The van der Waals surface area contributed by atoms with Gasteiger partial charge in [0.25, 0.3) is 0 Å². The lowest BCUT2D eigenvalue weighted by Gasteiger charge is -2.41. The second-order valence-corrected chi connectivity index (χ2v) is 6.06. The molecule has 1 amide bonds. The monoisotopic (exact) mass is 312 g/mol. The number of rotatable bonds is 7. The van der Waals surface area contributed by atoms with Crippen LogP contribution in [-0.4, -0.2) is 47.8 Å². The minimum absolute atomic E-state index is 0.0315. The van der Waals surface area contributed by atoms with Crippen LogP contribution >= 0.6 is 0 Å². The predicted molar refractivity (Wildman–Crippen MR) is 84.6 cm³/mol. The number of hydrogen-bond donors (Lipinski definition) is 3. The lowest BCUT2D eigenvalue weighted by Crippen LogP contribution is -2.62. The summed E-state index contributed by atoms with van der Waals surface area (Å²) in [4.78, 5) is 23.0. The van der Waals surface area contributed by atoms with Crippen molar-refractivity contribution in [1.29, 1.82) is 0 Å². The van der Waals surface area contributed by atoms with Gasteiger partial charge in [-0.3, -0.25) is 14.9 Å². The van der Waals surface area contributed by atoms with Gasteiger partial charge in [-0.05, 0) is 32.6 Å². The topological polar surface area (TPSA) is 87.7 Å². The van der Waals surface area contributed by atoms with E-state index in [9.17, 15) is 14.7 Å². The molecule has 1 heterocycles. The van der Waals surface area contributed by atoms with Crippen molar-refractivity contribution in [2.24, 2.45) is 5.92 Å². The Bertz CT molecular complexity index is 432. The molecule has 0 aliphatic carbocycles. The molecule has 0 aromatic carbocycles. The van der Waals surface area contributed by atoms with Crippen LogP contribution in [0.15, 0.2) is 12.2 Å². The Balaban J connectivity index is 3.14. The Morgan fingerprint density at radius 2 is 2.18 bits per heavy atom. The quantitative estimate of drug-likeness (QED) is 0.617. The third kappa shape index (κ3) is 4.08. The van der Waals surface area contributed by atoms with Gasteiger partial charge in [-0.1, -0.05) is 19.1 Å². The number of allylic oxidation sites excluding steroid dienone is 1. The van der Waals surface area contributed by atoms with Gasteiger partial charge in [-0.15, -0.1) is 0 Å². The third-order valence-corrected chi connectivity index (χ3v) is 4.64. The zero-order valence-electron chi connectivity index (χ0n) is 14.1. The molecule has 1 saturated heterocycles. The zero-order chi connectivity index (χ0) is 16.9. The number of carboxylic acids is 1. The van der Waals surface area contributed by atoms with Gasteiger partial charge < -0.3 is 15.2 Å². The zero-order valence-corrected chi connectivity index (χ0v) is 14.1. The number of amides is 1. The number of nitrogens with one attached hydrogen (secondary N) is 2. The second-order valence-electron chi connectivity index (χ2n) is 6.06. The second kappa shape index (κ2) is 7.74. The van der Waals surface area contributed by atoms with Crippen LogP contribution < -0.4 is 10.6 Å². The molecular formula is C16H28N2O4. The lowest BCUT2D eigenvalue weighted by atomic mass is 9.82. The molecule has 1 fully saturated rings. The van der Waals surface area contributed by atoms with Gasteiger partial charge in [0, 0.05) is 20.1 Å². The number of ether oxygens (including phenoxy) is 1. The summed E-state index contributed by atoms with van der Waals surface area (Å²) in [6.07, 6.45) is 5.13. The van der Waals surface area contributed by atoms with Crippen molar-refractivity contribution in [3.63, 3.8) is 0 Å². The van der Waals surface area contributed by atoms with Crippen molar-refractivity contribution in [2.75, 3.05) is 7.11 Å². The van der Waals surface area contributed by atoms with Crippen molar-refractivity contribution in [2.45, 2.75) is 64.3 Å². The van der Waals surface area contributed by atoms with E-state index in [0.29, 0.717) is 12.8 Å². The summed E-state index contributed by atoms with van der Waals surface area (Å²) < 4.78 is 5.66. The molecule has 6 heteroatoms. The SMILES string of the molecule is CC=C[C@@H]1C[C@H](C(=O)O)N[C@H]1[C@@H](NC(C)=O)[C@](C)(CC)OC. The highest BCUT2D eigenvalue weighted by Crippen LogP contribution is 2.31. The van der Waals surface area contributed by atoms with Crippen molar-refractivity contribution < 1.29 is 19.4 Å². The van der Waals surface area contributed by atoms with Crippen LogP contribution in [0.5, 0.6) is 0 Å². The molecular weight excluding hydrogens is 284 g/mol. The number of carboxylic acid groups (broad SMARTS) is 1. The average molecular weight is 312 g/mol. The van der Waals surface area contributed by atoms with Gasteiger partial charge in [0.05, 0.1) is 11.6 Å². The molecule has 6 nitrogen and oxygen atoms in total. The maximum Gasteiger partial charge on any atom is 0.320 e. The molecule has 0 radical (unpaired) electrons. The van der Waals surface area contributed by atoms with Gasteiger partial charge >= 0.3 is 5.97 Å². The summed E-state index contributed by atoms with van der Waals surface area (Å²) >= 11 is 0. The van der Waals surface area contributed by atoms with Gasteiger partial charge in [0.1, 0.15) is 6.04 Å². The van der Waals surface area contributed by atoms with E-state index in [1.165, 1.54) is 6.92 Å². The van der Waals surface area contributed by atoms with Crippen molar-refractivity contribution in [3.05, 3.63) is 12.2 Å². The lowest BCUT2D eigenvalue weighted by molar-refractivity contribution is -0.139. The van der Waals surface area contributed by atoms with Crippen LogP contribution in [0.25, 0.3) is 0 Å². The van der Waals surface area contributed by atoms with Gasteiger partial charge in [-0.2, -0.15) is 0 Å². The Hall–Kier alpha value is -1.40. The van der Waals surface area contributed by atoms with Crippen LogP contribution in [0.2, 0.25) is 0 Å². The van der Waals surface area contributed by atoms with E-state index in [0.717, 1.165) is 0 Å². The summed E-state index contributed by atoms with van der Waals surface area (Å²) in [5.74, 6) is -0.986. The first kappa shape index (κ1) is 18.6. The first-order chi connectivity index (χ1) is 10.3. The number of aliphatic carboxylic acids is 1. The van der Waals surface area contributed by atoms with E-state index in [2.05, 4.69) is 10.6 Å². The minimum Gasteiger partial charge on any atom is -0.480 e. The minimum atomic E-state index is -0.866. The fourth-order valence-electron chi connectivity index (χ4n) is 3.14. The van der Waals surface area contributed by atoms with E-state index < -0.39 is 17.6 Å². The number of methoxy groups -OCH3 is 1. The maximum absolute atomic E-state index is 11.6. The Morgan fingerprint density at radius 3 is 2.59 bits per heavy atom. The van der Waals surface area contributed by atoms with Crippen LogP contribution in [0, 0.1) is 5.92 Å². The molecule has 5 atom stereocenters. The highest BCUT2D eigenvalue weighted by molar-refractivity contribution is 5.75. The molecule has 22 heavy (non-hydrogen) atoms.